The molecule has 0 spiro atoms. The van der Waals surface area contributed by atoms with E-state index in [0.717, 1.165) is 5.56 Å². The average Bonchev–Trinajstić information content (AvgIpc) is 2.30. The zero-order chi connectivity index (χ0) is 11.8. The molecule has 0 aromatic heterocycles. The van der Waals surface area contributed by atoms with Crippen molar-refractivity contribution < 1.29 is 9.53 Å². The topological polar surface area (TPSA) is 76.6 Å². The highest BCUT2D eigenvalue weighted by atomic mass is 16.5. The minimum Gasteiger partial charge on any atom is -0.461 e. The third-order valence-electron chi connectivity index (χ3n) is 1.75. The Morgan fingerprint density at radius 3 is 2.75 bits per heavy atom. The van der Waals surface area contributed by atoms with Crippen LogP contribution in [0.25, 0.3) is 6.08 Å². The first-order valence-electron chi connectivity index (χ1n) is 4.79. The molecule has 1 rings (SSSR count). The van der Waals surface area contributed by atoms with E-state index in [1.807, 2.05) is 30.3 Å². The molecule has 1 N–H and O–H groups in total. The number of esters is 1. The van der Waals surface area contributed by atoms with Crippen molar-refractivity contribution >= 4 is 12.0 Å². The van der Waals surface area contributed by atoms with Gasteiger partial charge in [-0.05, 0) is 18.6 Å². The Morgan fingerprint density at radius 2 is 2.19 bits per heavy atom. The van der Waals surface area contributed by atoms with Crippen molar-refractivity contribution in [3.8, 4) is 0 Å². The van der Waals surface area contributed by atoms with Crippen LogP contribution >= 0.6 is 0 Å². The van der Waals surface area contributed by atoms with Crippen LogP contribution in [0.15, 0.2) is 41.1 Å². The predicted octanol–water partition coefficient (Wildman–Crippen LogP) is 2.14. The summed E-state index contributed by atoms with van der Waals surface area (Å²) >= 11 is 0. The molecule has 0 atom stereocenters. The molecule has 0 bridgehead atoms. The molecule has 0 heterocycles. The van der Waals surface area contributed by atoms with Gasteiger partial charge >= 0.3 is 5.97 Å². The first-order chi connectivity index (χ1) is 7.77. The van der Waals surface area contributed by atoms with E-state index in [1.165, 1.54) is 6.08 Å². The number of nitrogens with one attached hydrogen (secondary N) is 1. The Bertz CT molecular complexity index is 434. The van der Waals surface area contributed by atoms with Gasteiger partial charge in [0.15, 0.2) is 5.11 Å². The minimum absolute atomic E-state index is 0.0167. The Morgan fingerprint density at radius 1 is 1.50 bits per heavy atom. The molecule has 0 radical (unpaired) electrons. The Hall–Kier alpha value is -2.26. The second-order valence-corrected chi connectivity index (χ2v) is 2.86. The fourth-order valence-corrected chi connectivity index (χ4v) is 1.09. The van der Waals surface area contributed by atoms with Crippen molar-refractivity contribution in [2.75, 3.05) is 6.61 Å². The SMILES string of the molecule is CCOC(=O)/C(=C/c1ccccc1)N=[N+]=N. The van der Waals surface area contributed by atoms with Crippen LogP contribution < -0.4 is 4.91 Å². The molecule has 5 heteroatoms. The van der Waals surface area contributed by atoms with Crippen LogP contribution in [0.5, 0.6) is 0 Å². The number of hydrogen-bond acceptors (Lipinski definition) is 4. The number of nitrogens with zero attached hydrogens (tertiary/aromatic N) is 2. The van der Waals surface area contributed by atoms with Crippen LogP contribution in [-0.2, 0) is 9.53 Å². The fraction of sp³-hybridized carbons (Fsp3) is 0.182. The average molecular weight is 218 g/mol. The van der Waals surface area contributed by atoms with Gasteiger partial charge in [0.2, 0.25) is 10.6 Å². The Labute approximate surface area is 93.0 Å². The van der Waals surface area contributed by atoms with E-state index >= 15 is 0 Å². The van der Waals surface area contributed by atoms with Crippen LogP contribution in [0.2, 0.25) is 0 Å². The third kappa shape index (κ3) is 3.48. The van der Waals surface area contributed by atoms with E-state index < -0.39 is 5.97 Å². The highest BCUT2D eigenvalue weighted by Gasteiger charge is 2.14. The van der Waals surface area contributed by atoms with Gasteiger partial charge < -0.3 is 4.74 Å². The summed E-state index contributed by atoms with van der Waals surface area (Å²) in [6, 6.07) is 9.18. The molecule has 0 fully saturated rings. The molecule has 0 aliphatic carbocycles. The first kappa shape index (κ1) is 11.8. The Kier molecular flexibility index (Phi) is 4.63. The summed E-state index contributed by atoms with van der Waals surface area (Å²) in [5, 5.41) is 3.42. The quantitative estimate of drug-likeness (QED) is 0.364. The number of hydrogen-bond donors (Lipinski definition) is 1. The maximum Gasteiger partial charge on any atom is 0.364 e. The second-order valence-electron chi connectivity index (χ2n) is 2.86. The monoisotopic (exact) mass is 218 g/mol. The van der Waals surface area contributed by atoms with Gasteiger partial charge in [-0.1, -0.05) is 30.3 Å². The lowest BCUT2D eigenvalue weighted by Crippen LogP contribution is -2.06. The second kappa shape index (κ2) is 6.27. The highest BCUT2D eigenvalue weighted by molar-refractivity contribution is 5.93. The maximum absolute atomic E-state index is 11.4. The van der Waals surface area contributed by atoms with Crippen molar-refractivity contribution in [1.29, 1.82) is 5.53 Å². The number of ether oxygens (including phenoxy) is 1. The van der Waals surface area contributed by atoms with Crippen molar-refractivity contribution in [2.24, 2.45) is 5.11 Å². The van der Waals surface area contributed by atoms with Gasteiger partial charge in [0.1, 0.15) is 5.53 Å². The predicted molar refractivity (Wildman–Crippen MR) is 58.3 cm³/mol. The van der Waals surface area contributed by atoms with Gasteiger partial charge in [0.25, 0.3) is 0 Å². The van der Waals surface area contributed by atoms with E-state index in [0.29, 0.717) is 0 Å². The molecule has 0 saturated heterocycles. The molecule has 0 amide bonds. The molecular formula is C11H12N3O2+. The van der Waals surface area contributed by atoms with Gasteiger partial charge in [0.05, 0.1) is 6.61 Å². The lowest BCUT2D eigenvalue weighted by molar-refractivity contribution is -0.138. The first-order valence-corrected chi connectivity index (χ1v) is 4.79. The van der Waals surface area contributed by atoms with E-state index in [4.69, 9.17) is 10.3 Å². The number of carbonyl (C=O) groups excluding carboxylic acids is 1. The van der Waals surface area contributed by atoms with Crippen LogP contribution in [0.1, 0.15) is 12.5 Å². The zero-order valence-corrected chi connectivity index (χ0v) is 8.88. The normalized spacial score (nSPS) is 10.4. The summed E-state index contributed by atoms with van der Waals surface area (Å²) in [5.74, 6) is -0.581. The number of benzene rings is 1. The van der Waals surface area contributed by atoms with Crippen molar-refractivity contribution in [1.82, 2.24) is 4.91 Å². The summed E-state index contributed by atoms with van der Waals surface area (Å²) in [5.41, 5.74) is 7.45. The standard InChI is InChI=1S/C11H12N3O2/c1-2-16-11(15)10(13-14-12)8-9-6-4-3-5-7-9/h3-8,12H,2H2,1H3/q+1/b10-8-. The summed E-state index contributed by atoms with van der Waals surface area (Å²) in [6.45, 7) is 1.97. The van der Waals surface area contributed by atoms with E-state index in [-0.39, 0.29) is 12.3 Å². The Balaban J connectivity index is 2.98. The summed E-state index contributed by atoms with van der Waals surface area (Å²) in [4.78, 5) is 14.3. The van der Waals surface area contributed by atoms with E-state index in [2.05, 4.69) is 10.0 Å². The third-order valence-corrected chi connectivity index (χ3v) is 1.75. The number of rotatable bonds is 4. The molecule has 1 aromatic carbocycles. The van der Waals surface area contributed by atoms with Crippen LogP contribution in [0.3, 0.4) is 0 Å². The molecule has 0 aliphatic rings. The van der Waals surface area contributed by atoms with Crippen LogP contribution in [0, 0.1) is 5.53 Å². The minimum atomic E-state index is -0.581. The lowest BCUT2D eigenvalue weighted by Gasteiger charge is -1.97. The molecule has 0 aliphatic heterocycles. The van der Waals surface area contributed by atoms with Gasteiger partial charge in [-0.3, -0.25) is 0 Å². The van der Waals surface area contributed by atoms with Gasteiger partial charge in [-0.15, -0.1) is 0 Å². The number of carbonyl (C=O) groups is 1. The van der Waals surface area contributed by atoms with E-state index in [9.17, 15) is 4.79 Å². The molecule has 5 nitrogen and oxygen atoms in total. The molecule has 0 unspecified atom stereocenters. The summed E-state index contributed by atoms with van der Waals surface area (Å²) in [7, 11) is 0. The highest BCUT2D eigenvalue weighted by Crippen LogP contribution is 2.08. The summed E-state index contributed by atoms with van der Waals surface area (Å²) < 4.78 is 4.78. The zero-order valence-electron chi connectivity index (χ0n) is 8.88. The largest absolute Gasteiger partial charge is 0.461 e. The van der Waals surface area contributed by atoms with Gasteiger partial charge in [-0.25, -0.2) is 4.79 Å². The van der Waals surface area contributed by atoms with Crippen molar-refractivity contribution in [3.05, 3.63) is 41.6 Å². The van der Waals surface area contributed by atoms with Crippen molar-refractivity contribution in [3.63, 3.8) is 0 Å². The molecule has 0 saturated carbocycles. The molecule has 82 valence electrons. The molecule has 1 aromatic rings. The van der Waals surface area contributed by atoms with Crippen molar-refractivity contribution in [2.45, 2.75) is 6.92 Å². The fourth-order valence-electron chi connectivity index (χ4n) is 1.09. The summed E-state index contributed by atoms with van der Waals surface area (Å²) in [6.07, 6.45) is 1.52. The molecule has 16 heavy (non-hydrogen) atoms. The molecular weight excluding hydrogens is 206 g/mol. The van der Waals surface area contributed by atoms with Gasteiger partial charge in [-0.2, -0.15) is 0 Å². The lowest BCUT2D eigenvalue weighted by atomic mass is 10.2. The van der Waals surface area contributed by atoms with Gasteiger partial charge in [0, 0.05) is 0 Å². The van der Waals surface area contributed by atoms with E-state index in [1.54, 1.807) is 6.92 Å². The van der Waals surface area contributed by atoms with Crippen LogP contribution in [0.4, 0.5) is 0 Å². The smallest absolute Gasteiger partial charge is 0.364 e. The maximum atomic E-state index is 11.4. The van der Waals surface area contributed by atoms with Crippen LogP contribution in [-0.4, -0.2) is 12.6 Å².